The van der Waals surface area contributed by atoms with Gasteiger partial charge in [0.2, 0.25) is 5.75 Å². The molecular weight excluding hydrogens is 206 g/mol. The van der Waals surface area contributed by atoms with Crippen LogP contribution >= 0.6 is 0 Å². The van der Waals surface area contributed by atoms with E-state index < -0.39 is 0 Å². The number of hydrogen-bond acceptors (Lipinski definition) is 4. The molecule has 3 N–H and O–H groups in total. The second-order valence-electron chi connectivity index (χ2n) is 3.84. The number of benzene rings is 1. The lowest BCUT2D eigenvalue weighted by atomic mass is 10.1. The molecule has 16 heavy (non-hydrogen) atoms. The van der Waals surface area contributed by atoms with E-state index >= 15 is 0 Å². The van der Waals surface area contributed by atoms with Crippen LogP contribution in [0.1, 0.15) is 18.4 Å². The second kappa shape index (κ2) is 5.07. The molecule has 1 aromatic carbocycles. The van der Waals surface area contributed by atoms with E-state index in [2.05, 4.69) is 0 Å². The van der Waals surface area contributed by atoms with E-state index in [4.69, 9.17) is 15.2 Å². The minimum absolute atomic E-state index is 0.202. The van der Waals surface area contributed by atoms with E-state index in [0.29, 0.717) is 31.3 Å². The van der Waals surface area contributed by atoms with Crippen molar-refractivity contribution in [2.75, 3.05) is 19.8 Å². The Bertz CT molecular complexity index is 366. The number of hydrogen-bond donors (Lipinski definition) is 2. The van der Waals surface area contributed by atoms with Crippen molar-refractivity contribution in [3.63, 3.8) is 0 Å². The molecular formula is C12H17NO3. The maximum Gasteiger partial charge on any atom is 0.203 e. The maximum atomic E-state index is 10.0. The van der Waals surface area contributed by atoms with Crippen LogP contribution in [-0.4, -0.2) is 24.9 Å². The molecule has 88 valence electrons. The van der Waals surface area contributed by atoms with Crippen molar-refractivity contribution in [2.24, 2.45) is 5.73 Å². The summed E-state index contributed by atoms with van der Waals surface area (Å²) >= 11 is 0. The molecule has 0 aromatic heterocycles. The van der Waals surface area contributed by atoms with Crippen molar-refractivity contribution in [2.45, 2.75) is 19.3 Å². The fourth-order valence-corrected chi connectivity index (χ4v) is 1.76. The van der Waals surface area contributed by atoms with Crippen LogP contribution in [0.15, 0.2) is 12.1 Å². The van der Waals surface area contributed by atoms with E-state index in [-0.39, 0.29) is 5.75 Å². The van der Waals surface area contributed by atoms with Crippen molar-refractivity contribution >= 4 is 0 Å². The predicted molar refractivity (Wildman–Crippen MR) is 61.1 cm³/mol. The molecule has 0 saturated heterocycles. The van der Waals surface area contributed by atoms with Gasteiger partial charge in [0.05, 0.1) is 13.2 Å². The van der Waals surface area contributed by atoms with Gasteiger partial charge in [-0.2, -0.15) is 0 Å². The zero-order valence-corrected chi connectivity index (χ0v) is 9.24. The van der Waals surface area contributed by atoms with Crippen LogP contribution in [0.3, 0.4) is 0 Å². The van der Waals surface area contributed by atoms with Gasteiger partial charge in [-0.25, -0.2) is 0 Å². The third kappa shape index (κ3) is 2.22. The molecule has 4 nitrogen and oxygen atoms in total. The standard InChI is InChI=1S/C12H17NO3/c13-6-1-3-9-4-5-10-12(11(9)14)16-8-2-7-15-10/h4-5,14H,1-3,6-8,13H2. The van der Waals surface area contributed by atoms with Gasteiger partial charge in [-0.3, -0.25) is 0 Å². The fourth-order valence-electron chi connectivity index (χ4n) is 1.76. The van der Waals surface area contributed by atoms with E-state index in [1.54, 1.807) is 0 Å². The topological polar surface area (TPSA) is 64.7 Å². The first-order valence-electron chi connectivity index (χ1n) is 5.63. The fraction of sp³-hybridized carbons (Fsp3) is 0.500. The van der Waals surface area contributed by atoms with Gasteiger partial charge in [0.15, 0.2) is 11.5 Å². The molecule has 0 unspecified atom stereocenters. The lowest BCUT2D eigenvalue weighted by Gasteiger charge is -2.12. The molecule has 0 radical (unpaired) electrons. The van der Waals surface area contributed by atoms with Crippen molar-refractivity contribution in [1.29, 1.82) is 0 Å². The predicted octanol–water partition coefficient (Wildman–Crippen LogP) is 1.44. The Balaban J connectivity index is 2.26. The van der Waals surface area contributed by atoms with Crippen LogP contribution in [0.5, 0.6) is 17.2 Å². The van der Waals surface area contributed by atoms with Gasteiger partial charge >= 0.3 is 0 Å². The van der Waals surface area contributed by atoms with Gasteiger partial charge in [0.25, 0.3) is 0 Å². The zero-order valence-electron chi connectivity index (χ0n) is 9.24. The van der Waals surface area contributed by atoms with Crippen molar-refractivity contribution < 1.29 is 14.6 Å². The van der Waals surface area contributed by atoms with Crippen molar-refractivity contribution in [3.05, 3.63) is 17.7 Å². The molecule has 1 aromatic rings. The number of rotatable bonds is 3. The van der Waals surface area contributed by atoms with E-state index in [1.807, 2.05) is 12.1 Å². The number of phenols is 1. The summed E-state index contributed by atoms with van der Waals surface area (Å²) in [7, 11) is 0. The number of aryl methyl sites for hydroxylation is 1. The Labute approximate surface area is 95.0 Å². The second-order valence-corrected chi connectivity index (χ2v) is 3.84. The number of fused-ring (bicyclic) bond motifs is 1. The third-order valence-electron chi connectivity index (χ3n) is 2.62. The molecule has 0 aliphatic carbocycles. The average molecular weight is 223 g/mol. The summed E-state index contributed by atoms with van der Waals surface area (Å²) in [5.41, 5.74) is 6.32. The molecule has 1 heterocycles. The number of nitrogens with two attached hydrogens (primary N) is 1. The van der Waals surface area contributed by atoms with Crippen LogP contribution in [0.25, 0.3) is 0 Å². The summed E-state index contributed by atoms with van der Waals surface area (Å²) in [4.78, 5) is 0. The lowest BCUT2D eigenvalue weighted by Crippen LogP contribution is -2.01. The molecule has 0 bridgehead atoms. The normalized spacial score (nSPS) is 14.6. The molecule has 0 spiro atoms. The molecule has 1 aliphatic heterocycles. The highest BCUT2D eigenvalue weighted by molar-refractivity contribution is 5.55. The first kappa shape index (κ1) is 11.1. The first-order valence-corrected chi connectivity index (χ1v) is 5.63. The highest BCUT2D eigenvalue weighted by atomic mass is 16.5. The van der Waals surface area contributed by atoms with Crippen LogP contribution in [-0.2, 0) is 6.42 Å². The van der Waals surface area contributed by atoms with Gasteiger partial charge in [-0.15, -0.1) is 0 Å². The van der Waals surface area contributed by atoms with Gasteiger partial charge in [-0.05, 0) is 31.0 Å². The monoisotopic (exact) mass is 223 g/mol. The summed E-state index contributed by atoms with van der Waals surface area (Å²) in [6.07, 6.45) is 2.46. The van der Waals surface area contributed by atoms with Gasteiger partial charge in [0.1, 0.15) is 0 Å². The number of phenolic OH excluding ortho intramolecular Hbond substituents is 1. The summed E-state index contributed by atoms with van der Waals surface area (Å²) in [5, 5.41) is 10.0. The van der Waals surface area contributed by atoms with Crippen molar-refractivity contribution in [3.8, 4) is 17.2 Å². The van der Waals surface area contributed by atoms with Crippen molar-refractivity contribution in [1.82, 2.24) is 0 Å². The highest BCUT2D eigenvalue weighted by Crippen LogP contribution is 2.40. The Morgan fingerprint density at radius 2 is 2.06 bits per heavy atom. The van der Waals surface area contributed by atoms with Crippen LogP contribution in [0, 0.1) is 0 Å². The average Bonchev–Trinajstić information content (AvgIpc) is 2.54. The molecule has 2 rings (SSSR count). The maximum absolute atomic E-state index is 10.0. The van der Waals surface area contributed by atoms with Crippen LogP contribution < -0.4 is 15.2 Å². The summed E-state index contributed by atoms with van der Waals surface area (Å²) < 4.78 is 11.0. The summed E-state index contributed by atoms with van der Waals surface area (Å²) in [6, 6.07) is 3.73. The third-order valence-corrected chi connectivity index (χ3v) is 2.62. The van der Waals surface area contributed by atoms with Crippen LogP contribution in [0.2, 0.25) is 0 Å². The largest absolute Gasteiger partial charge is 0.504 e. The Hall–Kier alpha value is -1.42. The number of aromatic hydroxyl groups is 1. The number of ether oxygens (including phenoxy) is 2. The van der Waals surface area contributed by atoms with E-state index in [0.717, 1.165) is 24.8 Å². The minimum Gasteiger partial charge on any atom is -0.504 e. The smallest absolute Gasteiger partial charge is 0.203 e. The molecule has 0 amide bonds. The van der Waals surface area contributed by atoms with Gasteiger partial charge in [0, 0.05) is 6.42 Å². The Morgan fingerprint density at radius 3 is 2.88 bits per heavy atom. The molecule has 0 fully saturated rings. The quantitative estimate of drug-likeness (QED) is 0.814. The minimum atomic E-state index is 0.202. The molecule has 0 saturated carbocycles. The van der Waals surface area contributed by atoms with E-state index in [9.17, 15) is 5.11 Å². The Kier molecular flexibility index (Phi) is 3.51. The SMILES string of the molecule is NCCCc1ccc2c(c1O)OCCCO2. The highest BCUT2D eigenvalue weighted by Gasteiger charge is 2.17. The van der Waals surface area contributed by atoms with Crippen LogP contribution in [0.4, 0.5) is 0 Å². The van der Waals surface area contributed by atoms with E-state index in [1.165, 1.54) is 0 Å². The zero-order chi connectivity index (χ0) is 11.4. The Morgan fingerprint density at radius 1 is 1.25 bits per heavy atom. The van der Waals surface area contributed by atoms with Gasteiger partial charge < -0.3 is 20.3 Å². The lowest BCUT2D eigenvalue weighted by molar-refractivity contribution is 0.291. The first-order chi connectivity index (χ1) is 7.83. The van der Waals surface area contributed by atoms with Gasteiger partial charge in [-0.1, -0.05) is 6.07 Å². The molecule has 1 aliphatic rings. The molecule has 0 atom stereocenters. The molecule has 4 heteroatoms. The summed E-state index contributed by atoms with van der Waals surface area (Å²) in [6.45, 7) is 1.84. The summed E-state index contributed by atoms with van der Waals surface area (Å²) in [5.74, 6) is 1.31.